The Morgan fingerprint density at radius 2 is 1.89 bits per heavy atom. The van der Waals surface area contributed by atoms with Crippen molar-refractivity contribution in [3.63, 3.8) is 0 Å². The molecule has 2 nitrogen and oxygen atoms in total. The first kappa shape index (κ1) is 13.5. The number of nitrogens with zero attached hydrogens (tertiary/aromatic N) is 1. The number of rotatable bonds is 3. The fourth-order valence-electron chi connectivity index (χ4n) is 1.93. The molecule has 0 N–H and O–H groups in total. The number of Topliss-reactive ketones (excluding diaryl/α,β-unsaturated/α-hetero) is 1. The predicted molar refractivity (Wildman–Crippen MR) is 78.1 cm³/mol. The van der Waals surface area contributed by atoms with Crippen LogP contribution in [0, 0.1) is 18.3 Å². The van der Waals surface area contributed by atoms with Crippen LogP contribution in [0.5, 0.6) is 0 Å². The summed E-state index contributed by atoms with van der Waals surface area (Å²) in [5.74, 6) is 0.0734. The van der Waals surface area contributed by atoms with Gasteiger partial charge in [0.25, 0.3) is 0 Å². The average Bonchev–Trinajstić information content (AvgIpc) is 2.41. The van der Waals surface area contributed by atoms with Crippen LogP contribution < -0.4 is 0 Å². The molecule has 2 rings (SSSR count). The van der Waals surface area contributed by atoms with Gasteiger partial charge in [-0.1, -0.05) is 28.1 Å². The van der Waals surface area contributed by atoms with Crippen molar-refractivity contribution >= 4 is 21.7 Å². The summed E-state index contributed by atoms with van der Waals surface area (Å²) in [6.07, 6.45) is 0.375. The molecule has 0 atom stereocenters. The van der Waals surface area contributed by atoms with Gasteiger partial charge in [-0.25, -0.2) is 0 Å². The number of halogens is 1. The zero-order valence-corrected chi connectivity index (χ0v) is 12.1. The quantitative estimate of drug-likeness (QED) is 0.802. The topological polar surface area (TPSA) is 40.9 Å². The minimum atomic E-state index is 0.0734. The third kappa shape index (κ3) is 3.30. The van der Waals surface area contributed by atoms with Gasteiger partial charge >= 0.3 is 0 Å². The summed E-state index contributed by atoms with van der Waals surface area (Å²) in [5.41, 5.74) is 3.10. The van der Waals surface area contributed by atoms with Gasteiger partial charge in [0.15, 0.2) is 5.78 Å². The molecule has 2 aromatic carbocycles. The number of carbonyl (C=O) groups is 1. The van der Waals surface area contributed by atoms with Crippen LogP contribution in [-0.2, 0) is 6.42 Å². The average molecular weight is 314 g/mol. The summed E-state index contributed by atoms with van der Waals surface area (Å²) in [6.45, 7) is 1.86. The molecule has 2 aromatic rings. The van der Waals surface area contributed by atoms with Crippen LogP contribution in [0.15, 0.2) is 46.9 Å². The van der Waals surface area contributed by atoms with Crippen LogP contribution in [0.2, 0.25) is 0 Å². The Morgan fingerprint density at radius 3 is 2.47 bits per heavy atom. The largest absolute Gasteiger partial charge is 0.294 e. The molecule has 0 aromatic heterocycles. The van der Waals surface area contributed by atoms with E-state index < -0.39 is 0 Å². The van der Waals surface area contributed by atoms with Crippen molar-refractivity contribution in [2.75, 3.05) is 0 Å². The van der Waals surface area contributed by atoms with Gasteiger partial charge in [-0.3, -0.25) is 4.79 Å². The van der Waals surface area contributed by atoms with E-state index in [1.54, 1.807) is 18.2 Å². The van der Waals surface area contributed by atoms with E-state index in [2.05, 4.69) is 22.0 Å². The molecule has 0 aliphatic rings. The van der Waals surface area contributed by atoms with Crippen molar-refractivity contribution in [3.05, 3.63) is 69.2 Å². The van der Waals surface area contributed by atoms with E-state index in [0.717, 1.165) is 15.6 Å². The third-order valence-electron chi connectivity index (χ3n) is 2.93. The number of hydrogen-bond donors (Lipinski definition) is 0. The lowest BCUT2D eigenvalue weighted by molar-refractivity contribution is 0.0992. The SMILES string of the molecule is Cc1cc(C#N)ccc1C(=O)Cc1ccc(Br)cc1. The first-order valence-corrected chi connectivity index (χ1v) is 6.68. The highest BCUT2D eigenvalue weighted by atomic mass is 79.9. The van der Waals surface area contributed by atoms with E-state index in [1.807, 2.05) is 31.2 Å². The summed E-state index contributed by atoms with van der Waals surface area (Å²) in [4.78, 5) is 12.2. The second-order valence-electron chi connectivity index (χ2n) is 4.37. The molecular formula is C16H12BrNO. The summed E-state index contributed by atoms with van der Waals surface area (Å²) in [6, 6.07) is 14.9. The van der Waals surface area contributed by atoms with Crippen LogP contribution in [0.25, 0.3) is 0 Å². The Bertz CT molecular complexity index is 653. The number of benzene rings is 2. The first-order valence-electron chi connectivity index (χ1n) is 5.88. The molecule has 0 aliphatic heterocycles. The molecule has 3 heteroatoms. The molecule has 0 heterocycles. The molecule has 0 fully saturated rings. The Morgan fingerprint density at radius 1 is 1.21 bits per heavy atom. The molecule has 94 valence electrons. The molecule has 0 saturated heterocycles. The summed E-state index contributed by atoms with van der Waals surface area (Å²) < 4.78 is 0.998. The Kier molecular flexibility index (Phi) is 4.13. The van der Waals surface area contributed by atoms with Gasteiger partial charge in [-0.15, -0.1) is 0 Å². The fraction of sp³-hybridized carbons (Fsp3) is 0.125. The first-order chi connectivity index (χ1) is 9.10. The van der Waals surface area contributed by atoms with E-state index >= 15 is 0 Å². The maximum atomic E-state index is 12.2. The fourth-order valence-corrected chi connectivity index (χ4v) is 2.19. The molecule has 0 amide bonds. The number of carbonyl (C=O) groups excluding carboxylic acids is 1. The lowest BCUT2D eigenvalue weighted by atomic mass is 9.98. The number of ketones is 1. The van der Waals surface area contributed by atoms with Gasteiger partial charge in [0.1, 0.15) is 0 Å². The second-order valence-corrected chi connectivity index (χ2v) is 5.28. The minimum Gasteiger partial charge on any atom is -0.294 e. The highest BCUT2D eigenvalue weighted by Crippen LogP contribution is 2.16. The van der Waals surface area contributed by atoms with Crippen molar-refractivity contribution in [1.82, 2.24) is 0 Å². The molecule has 0 saturated carbocycles. The maximum absolute atomic E-state index is 12.2. The van der Waals surface area contributed by atoms with Gasteiger partial charge in [-0.05, 0) is 48.4 Å². The number of nitriles is 1. The maximum Gasteiger partial charge on any atom is 0.167 e. The van der Waals surface area contributed by atoms with Crippen LogP contribution in [0.3, 0.4) is 0 Å². The van der Waals surface area contributed by atoms with Crippen molar-refractivity contribution < 1.29 is 4.79 Å². The van der Waals surface area contributed by atoms with Gasteiger partial charge in [-0.2, -0.15) is 5.26 Å². The molecule has 0 unspecified atom stereocenters. The summed E-state index contributed by atoms with van der Waals surface area (Å²) in [5, 5.41) is 8.81. The molecule has 0 bridgehead atoms. The Labute approximate surface area is 120 Å². The Hall–Kier alpha value is -1.92. The lowest BCUT2D eigenvalue weighted by Crippen LogP contribution is -2.05. The molecular weight excluding hydrogens is 302 g/mol. The minimum absolute atomic E-state index is 0.0734. The molecule has 0 aliphatic carbocycles. The zero-order chi connectivity index (χ0) is 13.8. The van der Waals surface area contributed by atoms with Crippen molar-refractivity contribution in [3.8, 4) is 6.07 Å². The number of aryl methyl sites for hydroxylation is 1. The van der Waals surface area contributed by atoms with Crippen molar-refractivity contribution in [1.29, 1.82) is 5.26 Å². The summed E-state index contributed by atoms with van der Waals surface area (Å²) >= 11 is 3.37. The highest BCUT2D eigenvalue weighted by molar-refractivity contribution is 9.10. The van der Waals surface area contributed by atoms with Crippen LogP contribution in [-0.4, -0.2) is 5.78 Å². The van der Waals surface area contributed by atoms with Crippen molar-refractivity contribution in [2.45, 2.75) is 13.3 Å². The monoisotopic (exact) mass is 313 g/mol. The second kappa shape index (κ2) is 5.81. The van der Waals surface area contributed by atoms with Crippen LogP contribution in [0.4, 0.5) is 0 Å². The third-order valence-corrected chi connectivity index (χ3v) is 3.46. The van der Waals surface area contributed by atoms with Gasteiger partial charge in [0, 0.05) is 16.5 Å². The number of hydrogen-bond acceptors (Lipinski definition) is 2. The van der Waals surface area contributed by atoms with Gasteiger partial charge in [0.2, 0.25) is 0 Å². The zero-order valence-electron chi connectivity index (χ0n) is 10.5. The standard InChI is InChI=1S/C16H12BrNO/c1-11-8-13(10-18)4-7-15(11)16(19)9-12-2-5-14(17)6-3-12/h2-8H,9H2,1H3. The van der Waals surface area contributed by atoms with Crippen LogP contribution >= 0.6 is 15.9 Å². The summed E-state index contributed by atoms with van der Waals surface area (Å²) in [7, 11) is 0. The van der Waals surface area contributed by atoms with Crippen LogP contribution in [0.1, 0.15) is 27.0 Å². The van der Waals surface area contributed by atoms with Gasteiger partial charge in [0.05, 0.1) is 11.6 Å². The van der Waals surface area contributed by atoms with E-state index in [4.69, 9.17) is 5.26 Å². The highest BCUT2D eigenvalue weighted by Gasteiger charge is 2.10. The molecule has 0 radical (unpaired) electrons. The normalized spacial score (nSPS) is 9.95. The molecule has 19 heavy (non-hydrogen) atoms. The smallest absolute Gasteiger partial charge is 0.167 e. The molecule has 0 spiro atoms. The van der Waals surface area contributed by atoms with E-state index in [-0.39, 0.29) is 5.78 Å². The van der Waals surface area contributed by atoms with Gasteiger partial charge < -0.3 is 0 Å². The van der Waals surface area contributed by atoms with E-state index in [9.17, 15) is 4.79 Å². The Balaban J connectivity index is 2.21. The van der Waals surface area contributed by atoms with E-state index in [0.29, 0.717) is 17.5 Å². The lowest BCUT2D eigenvalue weighted by Gasteiger charge is -2.05. The predicted octanol–water partition coefficient (Wildman–Crippen LogP) is 4.05. The van der Waals surface area contributed by atoms with E-state index in [1.165, 1.54) is 0 Å². The van der Waals surface area contributed by atoms with Crippen molar-refractivity contribution in [2.24, 2.45) is 0 Å².